The van der Waals surface area contributed by atoms with Gasteiger partial charge in [0.05, 0.1) is 0 Å². The van der Waals surface area contributed by atoms with Crippen LogP contribution in [0, 0.1) is 3.57 Å². The van der Waals surface area contributed by atoms with E-state index >= 15 is 0 Å². The fourth-order valence-corrected chi connectivity index (χ4v) is 2.74. The van der Waals surface area contributed by atoms with Gasteiger partial charge in [-0.2, -0.15) is 13.2 Å². The molecule has 1 rings (SSSR count). The number of halogens is 5. The number of hydrogen-bond donors (Lipinski definition) is 0. The zero-order valence-corrected chi connectivity index (χ0v) is 12.7. The van der Waals surface area contributed by atoms with Gasteiger partial charge in [-0.25, -0.2) is 0 Å². The van der Waals surface area contributed by atoms with Crippen LogP contribution in [0.5, 0.6) is 0 Å². The molecule has 0 spiro atoms. The predicted octanol–water partition coefficient (Wildman–Crippen LogP) is 5.23. The van der Waals surface area contributed by atoms with Crippen LogP contribution in [0.4, 0.5) is 13.2 Å². The maximum atomic E-state index is 12.3. The van der Waals surface area contributed by atoms with E-state index in [-0.39, 0.29) is 11.8 Å². The highest BCUT2D eigenvalue weighted by Crippen LogP contribution is 2.39. The summed E-state index contributed by atoms with van der Waals surface area (Å²) in [4.78, 5) is 0.314. The second-order valence-electron chi connectivity index (χ2n) is 3.09. The Kier molecular flexibility index (Phi) is 5.93. The Balaban J connectivity index is 2.89. The predicted molar refractivity (Wildman–Crippen MR) is 73.2 cm³/mol. The van der Waals surface area contributed by atoms with Gasteiger partial charge in [0.1, 0.15) is 0 Å². The number of aryl methyl sites for hydroxylation is 1. The molecule has 0 bridgehead atoms. The average Bonchev–Trinajstić information content (AvgIpc) is 2.16. The number of alkyl halides is 4. The largest absolute Gasteiger partial charge is 0.446 e. The van der Waals surface area contributed by atoms with Gasteiger partial charge in [-0.15, -0.1) is 0 Å². The van der Waals surface area contributed by atoms with Crippen LogP contribution in [-0.4, -0.2) is 10.8 Å². The summed E-state index contributed by atoms with van der Waals surface area (Å²) in [5.41, 5.74) is -3.44. The summed E-state index contributed by atoms with van der Waals surface area (Å²) in [6, 6.07) is 5.06. The fraction of sp³-hybridized carbons (Fsp3) is 0.400. The quantitative estimate of drug-likeness (QED) is 0.362. The molecule has 0 fully saturated rings. The van der Waals surface area contributed by atoms with E-state index in [0.717, 1.165) is 20.9 Å². The molecule has 0 radical (unpaired) electrons. The van der Waals surface area contributed by atoms with Gasteiger partial charge in [0.25, 0.3) is 0 Å². The summed E-state index contributed by atoms with van der Waals surface area (Å²) >= 11 is 5.36. The maximum Gasteiger partial charge on any atom is 0.446 e. The van der Waals surface area contributed by atoms with E-state index in [1.54, 1.807) is 12.1 Å². The number of hydrogen-bond acceptors (Lipinski definition) is 1. The highest BCUT2D eigenvalue weighted by Gasteiger charge is 2.30. The molecular weight excluding hydrogens is 416 g/mol. The summed E-state index contributed by atoms with van der Waals surface area (Å²) in [5, 5.41) is 0.800. The van der Waals surface area contributed by atoms with Crippen LogP contribution in [0.15, 0.2) is 23.1 Å². The van der Waals surface area contributed by atoms with Crippen molar-refractivity contribution in [2.45, 2.75) is 23.2 Å². The van der Waals surface area contributed by atoms with Gasteiger partial charge in [-0.3, -0.25) is 0 Å². The molecule has 0 aliphatic rings. The summed E-state index contributed by atoms with van der Waals surface area (Å²) in [5.74, 6) is 0. The fourth-order valence-electron chi connectivity index (χ4n) is 1.22. The SMILES string of the molecule is FC(F)(F)Sc1ccc(I)cc1CCCBr. The standard InChI is InChI=1S/C10H9BrF3IS/c11-5-1-2-7-6-8(15)3-4-9(7)16-10(12,13)14/h3-4,6H,1-2,5H2. The first-order valence-electron chi connectivity index (χ1n) is 4.52. The van der Waals surface area contributed by atoms with Crippen molar-refractivity contribution in [3.05, 3.63) is 27.3 Å². The van der Waals surface area contributed by atoms with Gasteiger partial charge in [0, 0.05) is 13.8 Å². The van der Waals surface area contributed by atoms with E-state index in [1.165, 1.54) is 0 Å². The first kappa shape index (κ1) is 14.6. The molecule has 0 saturated heterocycles. The van der Waals surface area contributed by atoms with Gasteiger partial charge in [-0.05, 0) is 71.0 Å². The Labute approximate surface area is 119 Å². The van der Waals surface area contributed by atoms with Crippen LogP contribution in [0.3, 0.4) is 0 Å². The molecule has 0 aromatic heterocycles. The molecular formula is C10H9BrF3IS. The molecule has 0 aliphatic heterocycles. The third-order valence-electron chi connectivity index (χ3n) is 1.83. The second-order valence-corrected chi connectivity index (χ2v) is 6.24. The minimum absolute atomic E-state index is 0.0321. The summed E-state index contributed by atoms with van der Waals surface area (Å²) in [6.45, 7) is 0. The summed E-state index contributed by atoms with van der Waals surface area (Å²) in [7, 11) is 0. The van der Waals surface area contributed by atoms with E-state index in [2.05, 4.69) is 38.5 Å². The Hall–Kier alpha value is 0.570. The van der Waals surface area contributed by atoms with Crippen molar-refractivity contribution in [1.29, 1.82) is 0 Å². The van der Waals surface area contributed by atoms with Crippen molar-refractivity contribution in [3.8, 4) is 0 Å². The zero-order chi connectivity index (χ0) is 12.2. The Morgan fingerprint density at radius 3 is 2.56 bits per heavy atom. The Morgan fingerprint density at radius 1 is 1.31 bits per heavy atom. The molecule has 1 aromatic carbocycles. The lowest BCUT2D eigenvalue weighted by Crippen LogP contribution is -2.01. The molecule has 0 atom stereocenters. The third-order valence-corrected chi connectivity index (χ3v) is 3.91. The van der Waals surface area contributed by atoms with Crippen LogP contribution < -0.4 is 0 Å². The first-order valence-corrected chi connectivity index (χ1v) is 7.54. The third kappa shape index (κ3) is 5.27. The minimum atomic E-state index is -4.21. The van der Waals surface area contributed by atoms with Gasteiger partial charge in [-0.1, -0.05) is 15.9 Å². The molecule has 0 unspecified atom stereocenters. The van der Waals surface area contributed by atoms with Gasteiger partial charge in [0.2, 0.25) is 0 Å². The van der Waals surface area contributed by atoms with Crippen molar-refractivity contribution in [2.75, 3.05) is 5.33 Å². The van der Waals surface area contributed by atoms with Crippen LogP contribution in [0.1, 0.15) is 12.0 Å². The number of rotatable bonds is 4. The lowest BCUT2D eigenvalue weighted by molar-refractivity contribution is -0.0328. The van der Waals surface area contributed by atoms with E-state index < -0.39 is 5.51 Å². The molecule has 0 amide bonds. The molecule has 90 valence electrons. The smallest absolute Gasteiger partial charge is 0.160 e. The maximum absolute atomic E-state index is 12.3. The number of benzene rings is 1. The van der Waals surface area contributed by atoms with E-state index in [9.17, 15) is 13.2 Å². The van der Waals surface area contributed by atoms with E-state index in [1.807, 2.05) is 6.07 Å². The summed E-state index contributed by atoms with van der Waals surface area (Å²) in [6.07, 6.45) is 1.51. The molecule has 6 heteroatoms. The Morgan fingerprint density at radius 2 is 2.00 bits per heavy atom. The highest BCUT2D eigenvalue weighted by molar-refractivity contribution is 14.1. The van der Waals surface area contributed by atoms with Gasteiger partial charge < -0.3 is 0 Å². The van der Waals surface area contributed by atoms with Crippen molar-refractivity contribution in [2.24, 2.45) is 0 Å². The van der Waals surface area contributed by atoms with Crippen LogP contribution >= 0.6 is 50.3 Å². The zero-order valence-electron chi connectivity index (χ0n) is 8.15. The Bertz CT molecular complexity index is 354. The minimum Gasteiger partial charge on any atom is -0.160 e. The molecule has 0 nitrogen and oxygen atoms in total. The van der Waals surface area contributed by atoms with Gasteiger partial charge in [0.15, 0.2) is 0 Å². The molecule has 0 heterocycles. The number of thioether (sulfide) groups is 1. The first-order chi connectivity index (χ1) is 7.42. The van der Waals surface area contributed by atoms with Crippen molar-refractivity contribution >= 4 is 50.3 Å². The summed E-state index contributed by atoms with van der Waals surface area (Å²) < 4.78 is 37.9. The van der Waals surface area contributed by atoms with Crippen LogP contribution in [-0.2, 0) is 6.42 Å². The van der Waals surface area contributed by atoms with Crippen molar-refractivity contribution < 1.29 is 13.2 Å². The van der Waals surface area contributed by atoms with Crippen molar-refractivity contribution in [1.82, 2.24) is 0 Å². The van der Waals surface area contributed by atoms with E-state index in [4.69, 9.17) is 0 Å². The lowest BCUT2D eigenvalue weighted by atomic mass is 10.1. The van der Waals surface area contributed by atoms with E-state index in [0.29, 0.717) is 11.3 Å². The van der Waals surface area contributed by atoms with Crippen LogP contribution in [0.25, 0.3) is 0 Å². The van der Waals surface area contributed by atoms with Crippen molar-refractivity contribution in [3.63, 3.8) is 0 Å². The molecule has 0 N–H and O–H groups in total. The van der Waals surface area contributed by atoms with Gasteiger partial charge >= 0.3 is 5.51 Å². The average molecular weight is 425 g/mol. The molecule has 1 aromatic rings. The molecule has 0 saturated carbocycles. The lowest BCUT2D eigenvalue weighted by Gasteiger charge is -2.11. The second kappa shape index (κ2) is 6.49. The normalized spacial score (nSPS) is 11.8. The molecule has 0 aliphatic carbocycles. The molecule has 16 heavy (non-hydrogen) atoms. The highest BCUT2D eigenvalue weighted by atomic mass is 127. The monoisotopic (exact) mass is 424 g/mol. The topological polar surface area (TPSA) is 0 Å². The van der Waals surface area contributed by atoms with Crippen LogP contribution in [0.2, 0.25) is 0 Å².